The summed E-state index contributed by atoms with van der Waals surface area (Å²) in [5.74, 6) is 0. The van der Waals surface area contributed by atoms with E-state index in [0.717, 1.165) is 31.4 Å². The number of alkyl halides is 1. The molecule has 0 bridgehead atoms. The van der Waals surface area contributed by atoms with Gasteiger partial charge in [0.25, 0.3) is 0 Å². The van der Waals surface area contributed by atoms with Gasteiger partial charge in [-0.15, -0.1) is 0 Å². The van der Waals surface area contributed by atoms with E-state index in [-0.39, 0.29) is 0 Å². The standard InChI is InChI=1S/C15H27Br2N3/c1-5-12(6-2)19(10-9-16)11-14-15(17)13(7-3)18-20(14)8-4/h12H,5-11H2,1-4H3. The first-order chi connectivity index (χ1) is 9.62. The Balaban J connectivity index is 3.00. The summed E-state index contributed by atoms with van der Waals surface area (Å²) in [7, 11) is 0. The van der Waals surface area contributed by atoms with Crippen molar-refractivity contribution in [2.75, 3.05) is 11.9 Å². The minimum absolute atomic E-state index is 0.643. The number of hydrogen-bond donors (Lipinski definition) is 0. The van der Waals surface area contributed by atoms with Crippen LogP contribution in [0.3, 0.4) is 0 Å². The predicted octanol–water partition coefficient (Wildman–Crippen LogP) is 4.61. The second kappa shape index (κ2) is 9.21. The molecule has 0 unspecified atom stereocenters. The Hall–Kier alpha value is 0.130. The van der Waals surface area contributed by atoms with E-state index < -0.39 is 0 Å². The van der Waals surface area contributed by atoms with E-state index in [0.29, 0.717) is 6.04 Å². The molecule has 0 radical (unpaired) electrons. The maximum atomic E-state index is 4.70. The van der Waals surface area contributed by atoms with E-state index >= 15 is 0 Å². The number of rotatable bonds is 9. The van der Waals surface area contributed by atoms with Crippen LogP contribution in [0.2, 0.25) is 0 Å². The molecule has 5 heteroatoms. The Morgan fingerprint density at radius 3 is 2.30 bits per heavy atom. The van der Waals surface area contributed by atoms with Crippen LogP contribution < -0.4 is 0 Å². The molecule has 1 aromatic rings. The summed E-state index contributed by atoms with van der Waals surface area (Å²) in [6.07, 6.45) is 3.37. The van der Waals surface area contributed by atoms with Crippen molar-refractivity contribution in [2.24, 2.45) is 0 Å². The summed E-state index contributed by atoms with van der Waals surface area (Å²) in [6, 6.07) is 0.643. The van der Waals surface area contributed by atoms with E-state index in [1.54, 1.807) is 0 Å². The predicted molar refractivity (Wildman–Crippen MR) is 93.6 cm³/mol. The van der Waals surface area contributed by atoms with Gasteiger partial charge in [-0.25, -0.2) is 0 Å². The summed E-state index contributed by atoms with van der Waals surface area (Å²) >= 11 is 7.34. The third kappa shape index (κ3) is 4.31. The van der Waals surface area contributed by atoms with Crippen molar-refractivity contribution in [1.82, 2.24) is 14.7 Å². The van der Waals surface area contributed by atoms with Gasteiger partial charge in [0, 0.05) is 31.0 Å². The minimum atomic E-state index is 0.643. The molecule has 0 N–H and O–H groups in total. The SMILES string of the molecule is CCc1nn(CC)c(CN(CCBr)C(CC)CC)c1Br. The average molecular weight is 409 g/mol. The number of aromatic nitrogens is 2. The highest BCUT2D eigenvalue weighted by atomic mass is 79.9. The monoisotopic (exact) mass is 407 g/mol. The summed E-state index contributed by atoms with van der Waals surface area (Å²) < 4.78 is 3.35. The van der Waals surface area contributed by atoms with Crippen LogP contribution in [-0.2, 0) is 19.5 Å². The highest BCUT2D eigenvalue weighted by molar-refractivity contribution is 9.10. The molecule has 0 aliphatic heterocycles. The van der Waals surface area contributed by atoms with Crippen LogP contribution >= 0.6 is 31.9 Å². The largest absolute Gasteiger partial charge is 0.294 e. The maximum Gasteiger partial charge on any atom is 0.0767 e. The molecule has 0 fully saturated rings. The molecule has 0 atom stereocenters. The van der Waals surface area contributed by atoms with E-state index in [1.807, 2.05) is 0 Å². The third-order valence-corrected chi connectivity index (χ3v) is 5.15. The lowest BCUT2D eigenvalue weighted by atomic mass is 10.1. The highest BCUT2D eigenvalue weighted by Crippen LogP contribution is 2.25. The van der Waals surface area contributed by atoms with Crippen molar-refractivity contribution in [3.63, 3.8) is 0 Å². The fourth-order valence-corrected chi connectivity index (χ4v) is 3.81. The van der Waals surface area contributed by atoms with Gasteiger partial charge >= 0.3 is 0 Å². The molecule has 0 aliphatic rings. The number of hydrogen-bond acceptors (Lipinski definition) is 2. The van der Waals surface area contributed by atoms with Crippen molar-refractivity contribution in [1.29, 1.82) is 0 Å². The van der Waals surface area contributed by atoms with E-state index in [1.165, 1.54) is 28.7 Å². The van der Waals surface area contributed by atoms with Gasteiger partial charge in [0.1, 0.15) is 0 Å². The van der Waals surface area contributed by atoms with Crippen LogP contribution in [0.4, 0.5) is 0 Å². The van der Waals surface area contributed by atoms with Crippen LogP contribution in [-0.4, -0.2) is 32.6 Å². The molecule has 0 saturated heterocycles. The Kier molecular flexibility index (Phi) is 8.37. The van der Waals surface area contributed by atoms with E-state index in [2.05, 4.69) is 69.1 Å². The first-order valence-corrected chi connectivity index (χ1v) is 9.58. The molecule has 1 aromatic heterocycles. The maximum absolute atomic E-state index is 4.70. The first kappa shape index (κ1) is 18.2. The smallest absolute Gasteiger partial charge is 0.0767 e. The summed E-state index contributed by atoms with van der Waals surface area (Å²) in [4.78, 5) is 2.57. The number of aryl methyl sites for hydroxylation is 2. The Morgan fingerprint density at radius 1 is 1.20 bits per heavy atom. The Bertz CT molecular complexity index is 400. The Morgan fingerprint density at radius 2 is 1.85 bits per heavy atom. The van der Waals surface area contributed by atoms with Crippen molar-refractivity contribution in [3.05, 3.63) is 15.9 Å². The van der Waals surface area contributed by atoms with Gasteiger partial charge in [-0.2, -0.15) is 5.10 Å². The summed E-state index contributed by atoms with van der Waals surface area (Å²) in [5.41, 5.74) is 2.49. The Labute approximate surface area is 140 Å². The third-order valence-electron chi connectivity index (χ3n) is 3.88. The quantitative estimate of drug-likeness (QED) is 0.556. The van der Waals surface area contributed by atoms with Crippen molar-refractivity contribution in [3.8, 4) is 0 Å². The van der Waals surface area contributed by atoms with E-state index in [9.17, 15) is 0 Å². The molecule has 0 aliphatic carbocycles. The fraction of sp³-hybridized carbons (Fsp3) is 0.800. The molecular weight excluding hydrogens is 382 g/mol. The lowest BCUT2D eigenvalue weighted by molar-refractivity contribution is 0.183. The second-order valence-corrected chi connectivity index (χ2v) is 6.59. The van der Waals surface area contributed by atoms with Crippen molar-refractivity contribution < 1.29 is 0 Å². The minimum Gasteiger partial charge on any atom is -0.294 e. The topological polar surface area (TPSA) is 21.1 Å². The summed E-state index contributed by atoms with van der Waals surface area (Å²) in [6.45, 7) is 11.9. The molecule has 1 heterocycles. The molecule has 1 rings (SSSR count). The van der Waals surface area contributed by atoms with Gasteiger partial charge in [0.15, 0.2) is 0 Å². The average Bonchev–Trinajstić information content (AvgIpc) is 2.76. The highest BCUT2D eigenvalue weighted by Gasteiger charge is 2.20. The fourth-order valence-electron chi connectivity index (χ4n) is 2.67. The number of halogens is 2. The van der Waals surface area contributed by atoms with Gasteiger partial charge in [0.2, 0.25) is 0 Å². The normalized spacial score (nSPS) is 11.8. The van der Waals surface area contributed by atoms with Crippen LogP contribution in [0.15, 0.2) is 4.47 Å². The van der Waals surface area contributed by atoms with Crippen LogP contribution in [0.1, 0.15) is 51.9 Å². The summed E-state index contributed by atoms with van der Waals surface area (Å²) in [5, 5.41) is 5.72. The van der Waals surface area contributed by atoms with Gasteiger partial charge < -0.3 is 0 Å². The lowest BCUT2D eigenvalue weighted by Crippen LogP contribution is -2.36. The second-order valence-electron chi connectivity index (χ2n) is 5.01. The molecule has 20 heavy (non-hydrogen) atoms. The zero-order valence-corrected chi connectivity index (χ0v) is 16.3. The molecule has 0 aromatic carbocycles. The molecule has 0 amide bonds. The molecule has 0 spiro atoms. The van der Waals surface area contributed by atoms with Crippen LogP contribution in [0, 0.1) is 0 Å². The molecular formula is C15H27Br2N3. The van der Waals surface area contributed by atoms with Gasteiger partial charge in [-0.3, -0.25) is 9.58 Å². The molecule has 116 valence electrons. The van der Waals surface area contributed by atoms with Crippen molar-refractivity contribution in [2.45, 2.75) is 66.1 Å². The van der Waals surface area contributed by atoms with Crippen LogP contribution in [0.25, 0.3) is 0 Å². The first-order valence-electron chi connectivity index (χ1n) is 7.66. The zero-order chi connectivity index (χ0) is 15.1. The lowest BCUT2D eigenvalue weighted by Gasteiger charge is -2.30. The van der Waals surface area contributed by atoms with Crippen LogP contribution in [0.5, 0.6) is 0 Å². The molecule has 3 nitrogen and oxygen atoms in total. The van der Waals surface area contributed by atoms with E-state index in [4.69, 9.17) is 5.10 Å². The zero-order valence-electron chi connectivity index (χ0n) is 13.1. The van der Waals surface area contributed by atoms with Gasteiger partial charge in [0.05, 0.1) is 15.9 Å². The van der Waals surface area contributed by atoms with Gasteiger partial charge in [-0.1, -0.05) is 36.7 Å². The number of nitrogens with zero attached hydrogens (tertiary/aromatic N) is 3. The van der Waals surface area contributed by atoms with Gasteiger partial charge in [-0.05, 0) is 42.1 Å². The van der Waals surface area contributed by atoms with Crippen molar-refractivity contribution >= 4 is 31.9 Å². The molecule has 0 saturated carbocycles.